The van der Waals surface area contributed by atoms with Crippen LogP contribution in [0.25, 0.3) is 16.7 Å². The van der Waals surface area contributed by atoms with Gasteiger partial charge < -0.3 is 5.11 Å². The average molecular weight is 579 g/mol. The molecule has 1 aliphatic carbocycles. The standard InChI is InChI=1S/C28H33Cl2N5O2.ClH/c1-16-13-19(6-10-25(16)34-12-4-5-21(34)8-11-26(36)37)24-15-31-27-17(2)33-35(28(27)32-24)18(3)22-9-7-20(29)14-23(22)30;/h6-7,9,14-16,18,21,25H,4-5,8,10-13H2,1-3H3,(H,36,37);1H/t16-,18?,21-,25+;/m0./s1. The predicted molar refractivity (Wildman–Crippen MR) is 154 cm³/mol. The molecule has 1 aliphatic heterocycles. The monoisotopic (exact) mass is 577 g/mol. The minimum atomic E-state index is -0.707. The first-order valence-electron chi connectivity index (χ1n) is 13.1. The molecular weight excluding hydrogens is 545 g/mol. The summed E-state index contributed by atoms with van der Waals surface area (Å²) >= 11 is 12.6. The molecule has 1 saturated heterocycles. The van der Waals surface area contributed by atoms with Crippen molar-refractivity contribution < 1.29 is 9.90 Å². The smallest absolute Gasteiger partial charge is 0.303 e. The van der Waals surface area contributed by atoms with E-state index >= 15 is 0 Å². The number of allylic oxidation sites excluding steroid dienone is 1. The van der Waals surface area contributed by atoms with E-state index in [-0.39, 0.29) is 24.9 Å². The van der Waals surface area contributed by atoms with E-state index in [2.05, 4.69) is 24.8 Å². The highest BCUT2D eigenvalue weighted by Gasteiger charge is 2.35. The van der Waals surface area contributed by atoms with Gasteiger partial charge >= 0.3 is 5.97 Å². The number of aromatic nitrogens is 4. The molecule has 2 aromatic heterocycles. The number of carboxylic acids is 1. The minimum absolute atomic E-state index is 0. The highest BCUT2D eigenvalue weighted by Crippen LogP contribution is 2.37. The SMILES string of the molecule is Cc1nn(C(C)c2ccc(Cl)cc2Cl)c2nc(C3=CC[C@@H](N4CCC[C@H]4CCC(=O)O)[C@@H](C)C3)cnc12.Cl. The van der Waals surface area contributed by atoms with Gasteiger partial charge in [0.15, 0.2) is 5.65 Å². The van der Waals surface area contributed by atoms with Crippen LogP contribution in [0.3, 0.4) is 0 Å². The number of carbonyl (C=O) groups is 1. The van der Waals surface area contributed by atoms with Crippen LogP contribution in [0.15, 0.2) is 30.5 Å². The maximum atomic E-state index is 11.1. The topological polar surface area (TPSA) is 84.1 Å². The first kappa shape index (κ1) is 28.8. The normalized spacial score (nSPS) is 22.8. The van der Waals surface area contributed by atoms with Crippen LogP contribution < -0.4 is 0 Å². The van der Waals surface area contributed by atoms with Gasteiger partial charge in [-0.05, 0) is 81.7 Å². The Labute approximate surface area is 239 Å². The molecule has 4 atom stereocenters. The highest BCUT2D eigenvalue weighted by molar-refractivity contribution is 6.35. The zero-order valence-corrected chi connectivity index (χ0v) is 24.2. The molecule has 3 aromatic rings. The van der Waals surface area contributed by atoms with Crippen LogP contribution in [0.1, 0.15) is 75.4 Å². The lowest BCUT2D eigenvalue weighted by molar-refractivity contribution is -0.137. The molecule has 1 aromatic carbocycles. The van der Waals surface area contributed by atoms with Crippen molar-refractivity contribution in [3.63, 3.8) is 0 Å². The largest absolute Gasteiger partial charge is 0.481 e. The lowest BCUT2D eigenvalue weighted by atomic mass is 9.83. The second-order valence-electron chi connectivity index (χ2n) is 10.5. The van der Waals surface area contributed by atoms with E-state index < -0.39 is 5.97 Å². The summed E-state index contributed by atoms with van der Waals surface area (Å²) in [5, 5.41) is 15.1. The van der Waals surface area contributed by atoms with Crippen LogP contribution >= 0.6 is 35.6 Å². The second-order valence-corrected chi connectivity index (χ2v) is 11.3. The highest BCUT2D eigenvalue weighted by atomic mass is 35.5. The van der Waals surface area contributed by atoms with Gasteiger partial charge in [-0.2, -0.15) is 5.10 Å². The van der Waals surface area contributed by atoms with Crippen LogP contribution in [-0.4, -0.2) is 54.4 Å². The number of fused-ring (bicyclic) bond motifs is 1. The van der Waals surface area contributed by atoms with Gasteiger partial charge in [0.2, 0.25) is 0 Å². The zero-order chi connectivity index (χ0) is 26.3. The first-order valence-corrected chi connectivity index (χ1v) is 13.8. The van der Waals surface area contributed by atoms with E-state index in [4.69, 9.17) is 43.4 Å². The number of halogens is 3. The number of aryl methyl sites for hydroxylation is 1. The van der Waals surface area contributed by atoms with Crippen molar-refractivity contribution in [1.29, 1.82) is 0 Å². The zero-order valence-electron chi connectivity index (χ0n) is 21.9. The molecule has 5 rings (SSSR count). The Morgan fingerprint density at radius 2 is 2.08 bits per heavy atom. The molecule has 0 spiro atoms. The fourth-order valence-electron chi connectivity index (χ4n) is 6.08. The molecule has 0 amide bonds. The Balaban J connectivity index is 0.00000336. The van der Waals surface area contributed by atoms with Crippen LogP contribution in [0.4, 0.5) is 0 Å². The lowest BCUT2D eigenvalue weighted by Gasteiger charge is -2.39. The van der Waals surface area contributed by atoms with Crippen molar-refractivity contribution in [3.05, 3.63) is 57.5 Å². The van der Waals surface area contributed by atoms with Crippen LogP contribution in [0, 0.1) is 12.8 Å². The maximum Gasteiger partial charge on any atom is 0.303 e. The predicted octanol–water partition coefficient (Wildman–Crippen LogP) is 6.98. The summed E-state index contributed by atoms with van der Waals surface area (Å²) in [6, 6.07) is 6.19. The van der Waals surface area contributed by atoms with Crippen molar-refractivity contribution in [2.75, 3.05) is 6.54 Å². The molecule has 10 heteroatoms. The Hall–Kier alpha value is -2.19. The molecule has 0 saturated carbocycles. The van der Waals surface area contributed by atoms with E-state index in [0.717, 1.165) is 66.8 Å². The fourth-order valence-corrected chi connectivity index (χ4v) is 6.64. The lowest BCUT2D eigenvalue weighted by Crippen LogP contribution is -2.44. The minimum Gasteiger partial charge on any atom is -0.481 e. The van der Waals surface area contributed by atoms with Gasteiger partial charge in [0.05, 0.1) is 23.6 Å². The van der Waals surface area contributed by atoms with Gasteiger partial charge in [-0.15, -0.1) is 12.4 Å². The molecule has 204 valence electrons. The Bertz CT molecular complexity index is 1360. The molecule has 1 unspecified atom stereocenters. The first-order chi connectivity index (χ1) is 17.7. The molecule has 7 nitrogen and oxygen atoms in total. The third kappa shape index (κ3) is 5.71. The number of nitrogens with zero attached hydrogens (tertiary/aromatic N) is 5. The van der Waals surface area contributed by atoms with E-state index in [1.807, 2.05) is 29.9 Å². The summed E-state index contributed by atoms with van der Waals surface area (Å²) in [4.78, 5) is 23.5. The Kier molecular flexibility index (Phi) is 9.03. The summed E-state index contributed by atoms with van der Waals surface area (Å²) in [6.45, 7) is 7.36. The van der Waals surface area contributed by atoms with E-state index in [1.165, 1.54) is 5.57 Å². The summed E-state index contributed by atoms with van der Waals surface area (Å²) in [5.41, 5.74) is 5.40. The van der Waals surface area contributed by atoms with Crippen LogP contribution in [-0.2, 0) is 4.79 Å². The van der Waals surface area contributed by atoms with Crippen molar-refractivity contribution >= 4 is 58.3 Å². The Morgan fingerprint density at radius 3 is 2.79 bits per heavy atom. The number of likely N-dealkylation sites (tertiary alicyclic amines) is 1. The summed E-state index contributed by atoms with van der Waals surface area (Å²) < 4.78 is 1.91. The third-order valence-electron chi connectivity index (χ3n) is 8.02. The molecule has 0 bridgehead atoms. The van der Waals surface area contributed by atoms with Crippen LogP contribution in [0.2, 0.25) is 10.0 Å². The maximum absolute atomic E-state index is 11.1. The Morgan fingerprint density at radius 1 is 1.29 bits per heavy atom. The number of hydrogen-bond acceptors (Lipinski definition) is 5. The van der Waals surface area contributed by atoms with Crippen molar-refractivity contribution in [2.24, 2.45) is 5.92 Å². The number of benzene rings is 1. The molecule has 2 aliphatic rings. The van der Waals surface area contributed by atoms with Crippen LogP contribution in [0.5, 0.6) is 0 Å². The number of aliphatic carboxylic acids is 1. The third-order valence-corrected chi connectivity index (χ3v) is 8.59. The molecule has 3 heterocycles. The number of carboxylic acid groups (broad SMARTS) is 1. The molecule has 1 fully saturated rings. The van der Waals surface area contributed by atoms with Gasteiger partial charge in [-0.3, -0.25) is 9.69 Å². The summed E-state index contributed by atoms with van der Waals surface area (Å²) in [6.07, 6.45) is 9.24. The average Bonchev–Trinajstić information content (AvgIpc) is 3.46. The van der Waals surface area contributed by atoms with E-state index in [0.29, 0.717) is 28.0 Å². The summed E-state index contributed by atoms with van der Waals surface area (Å²) in [7, 11) is 0. The summed E-state index contributed by atoms with van der Waals surface area (Å²) in [5.74, 6) is -0.261. The molecule has 38 heavy (non-hydrogen) atoms. The number of hydrogen-bond donors (Lipinski definition) is 1. The second kappa shape index (κ2) is 11.9. The van der Waals surface area contributed by atoms with E-state index in [1.54, 1.807) is 6.07 Å². The molecule has 0 radical (unpaired) electrons. The van der Waals surface area contributed by atoms with Gasteiger partial charge in [0, 0.05) is 28.5 Å². The molecule has 1 N–H and O–H groups in total. The van der Waals surface area contributed by atoms with Gasteiger partial charge in [0.1, 0.15) is 5.52 Å². The number of rotatable bonds is 7. The van der Waals surface area contributed by atoms with Crippen molar-refractivity contribution in [3.8, 4) is 0 Å². The molecular formula is C28H34Cl3N5O2. The quantitative estimate of drug-likeness (QED) is 0.325. The van der Waals surface area contributed by atoms with Crippen molar-refractivity contribution in [2.45, 2.75) is 77.4 Å². The van der Waals surface area contributed by atoms with E-state index in [9.17, 15) is 4.79 Å². The van der Waals surface area contributed by atoms with Gasteiger partial charge in [0.25, 0.3) is 0 Å². The van der Waals surface area contributed by atoms with Crippen molar-refractivity contribution in [1.82, 2.24) is 24.6 Å². The van der Waals surface area contributed by atoms with Gasteiger partial charge in [-0.25, -0.2) is 14.6 Å². The van der Waals surface area contributed by atoms with Gasteiger partial charge in [-0.1, -0.05) is 42.3 Å². The fraction of sp³-hybridized carbons (Fsp3) is 0.500.